The van der Waals surface area contributed by atoms with Gasteiger partial charge in [-0.1, -0.05) is 155 Å². The Kier molecular flexibility index (Phi) is 27.0. The molecule has 2 nitrogen and oxygen atoms in total. The SMILES string of the molecule is CCCCCCCCCCCCCCCCCCCC(=O)OCCCCCCCCC. The van der Waals surface area contributed by atoms with Gasteiger partial charge in [0, 0.05) is 6.42 Å². The summed E-state index contributed by atoms with van der Waals surface area (Å²) in [4.78, 5) is 11.8. The van der Waals surface area contributed by atoms with Crippen molar-refractivity contribution in [1.29, 1.82) is 0 Å². The van der Waals surface area contributed by atoms with Crippen LogP contribution in [0.15, 0.2) is 0 Å². The van der Waals surface area contributed by atoms with E-state index in [1.54, 1.807) is 0 Å². The summed E-state index contributed by atoms with van der Waals surface area (Å²) >= 11 is 0. The Morgan fingerprint density at radius 3 is 1.06 bits per heavy atom. The number of ether oxygens (including phenoxy) is 1. The Labute approximate surface area is 196 Å². The maximum Gasteiger partial charge on any atom is 0.305 e. The van der Waals surface area contributed by atoms with Crippen LogP contribution in [0.2, 0.25) is 0 Å². The van der Waals surface area contributed by atoms with E-state index in [9.17, 15) is 4.79 Å². The molecular formula is C29H58O2. The van der Waals surface area contributed by atoms with Gasteiger partial charge in [0.1, 0.15) is 0 Å². The van der Waals surface area contributed by atoms with E-state index < -0.39 is 0 Å². The van der Waals surface area contributed by atoms with E-state index in [0.717, 1.165) is 12.8 Å². The maximum absolute atomic E-state index is 11.8. The second-order valence-electron chi connectivity index (χ2n) is 9.75. The summed E-state index contributed by atoms with van der Waals surface area (Å²) in [7, 11) is 0. The predicted molar refractivity (Wildman–Crippen MR) is 138 cm³/mol. The van der Waals surface area contributed by atoms with Crippen molar-refractivity contribution in [3.05, 3.63) is 0 Å². The van der Waals surface area contributed by atoms with Crippen LogP contribution in [0.25, 0.3) is 0 Å². The molecule has 0 aromatic heterocycles. The zero-order valence-electron chi connectivity index (χ0n) is 21.7. The van der Waals surface area contributed by atoms with Crippen LogP contribution >= 0.6 is 0 Å². The first-order valence-corrected chi connectivity index (χ1v) is 14.5. The number of carbonyl (C=O) groups excluding carboxylic acids is 1. The van der Waals surface area contributed by atoms with E-state index in [0.29, 0.717) is 13.0 Å². The quantitative estimate of drug-likeness (QED) is 0.0991. The molecule has 0 amide bonds. The van der Waals surface area contributed by atoms with Gasteiger partial charge in [-0.3, -0.25) is 4.79 Å². The van der Waals surface area contributed by atoms with Gasteiger partial charge in [-0.25, -0.2) is 0 Å². The van der Waals surface area contributed by atoms with Crippen molar-refractivity contribution in [1.82, 2.24) is 0 Å². The standard InChI is InChI=1S/C29H58O2/c1-3-5-7-9-11-12-13-14-15-16-17-18-19-20-21-23-25-27-29(30)31-28-26-24-22-10-8-6-4-2/h3-28H2,1-2H3. The Morgan fingerprint density at radius 2 is 0.710 bits per heavy atom. The van der Waals surface area contributed by atoms with Gasteiger partial charge in [0.2, 0.25) is 0 Å². The summed E-state index contributed by atoms with van der Waals surface area (Å²) in [5, 5.41) is 0. The lowest BCUT2D eigenvalue weighted by Crippen LogP contribution is -2.05. The van der Waals surface area contributed by atoms with Crippen LogP contribution in [0.4, 0.5) is 0 Å². The molecule has 2 heteroatoms. The molecule has 0 saturated carbocycles. The van der Waals surface area contributed by atoms with Crippen LogP contribution in [0.5, 0.6) is 0 Å². The molecule has 0 N–H and O–H groups in total. The summed E-state index contributed by atoms with van der Waals surface area (Å²) in [6.45, 7) is 5.17. The fourth-order valence-electron chi connectivity index (χ4n) is 4.31. The minimum atomic E-state index is 0.0203. The highest BCUT2D eigenvalue weighted by atomic mass is 16.5. The summed E-state index contributed by atoms with van der Waals surface area (Å²) in [6, 6.07) is 0. The van der Waals surface area contributed by atoms with Crippen LogP contribution < -0.4 is 0 Å². The van der Waals surface area contributed by atoms with E-state index in [4.69, 9.17) is 4.74 Å². The molecule has 0 aromatic carbocycles. The van der Waals surface area contributed by atoms with E-state index in [1.807, 2.05) is 0 Å². The topological polar surface area (TPSA) is 26.3 Å². The molecule has 0 aliphatic carbocycles. The second kappa shape index (κ2) is 27.5. The number of hydrogen-bond acceptors (Lipinski definition) is 2. The van der Waals surface area contributed by atoms with Crippen molar-refractivity contribution < 1.29 is 9.53 Å². The highest BCUT2D eigenvalue weighted by Gasteiger charge is 2.02. The maximum atomic E-state index is 11.8. The molecule has 0 saturated heterocycles. The van der Waals surface area contributed by atoms with E-state index in [1.165, 1.54) is 141 Å². The first-order chi connectivity index (χ1) is 15.3. The summed E-state index contributed by atoms with van der Waals surface area (Å²) in [6.07, 6.45) is 32.9. The molecule has 0 radical (unpaired) electrons. The van der Waals surface area contributed by atoms with Gasteiger partial charge < -0.3 is 4.74 Å². The Morgan fingerprint density at radius 1 is 0.419 bits per heavy atom. The lowest BCUT2D eigenvalue weighted by atomic mass is 10.0. The lowest BCUT2D eigenvalue weighted by molar-refractivity contribution is -0.143. The smallest absolute Gasteiger partial charge is 0.305 e. The minimum absolute atomic E-state index is 0.0203. The highest BCUT2D eigenvalue weighted by Crippen LogP contribution is 2.14. The molecule has 0 aliphatic rings. The van der Waals surface area contributed by atoms with Gasteiger partial charge >= 0.3 is 5.97 Å². The third-order valence-electron chi connectivity index (χ3n) is 6.50. The van der Waals surface area contributed by atoms with E-state index in [2.05, 4.69) is 13.8 Å². The van der Waals surface area contributed by atoms with Crippen molar-refractivity contribution in [3.63, 3.8) is 0 Å². The molecule has 0 aliphatic heterocycles. The molecule has 186 valence electrons. The fourth-order valence-corrected chi connectivity index (χ4v) is 4.31. The van der Waals surface area contributed by atoms with Gasteiger partial charge in [-0.05, 0) is 12.8 Å². The van der Waals surface area contributed by atoms with Crippen LogP contribution in [0.3, 0.4) is 0 Å². The zero-order chi connectivity index (χ0) is 22.7. The van der Waals surface area contributed by atoms with Gasteiger partial charge in [0.05, 0.1) is 6.61 Å². The Bertz CT molecular complexity index is 340. The number of carbonyl (C=O) groups is 1. The lowest BCUT2D eigenvalue weighted by Gasteiger charge is -2.05. The third-order valence-corrected chi connectivity index (χ3v) is 6.50. The first kappa shape index (κ1) is 30.5. The second-order valence-corrected chi connectivity index (χ2v) is 9.75. The van der Waals surface area contributed by atoms with Gasteiger partial charge in [-0.2, -0.15) is 0 Å². The molecule has 0 heterocycles. The summed E-state index contributed by atoms with van der Waals surface area (Å²) in [5.74, 6) is 0.0203. The predicted octanol–water partition coefficient (Wildman–Crippen LogP) is 10.3. The van der Waals surface area contributed by atoms with Gasteiger partial charge in [-0.15, -0.1) is 0 Å². The van der Waals surface area contributed by atoms with Crippen molar-refractivity contribution in [3.8, 4) is 0 Å². The van der Waals surface area contributed by atoms with Gasteiger partial charge in [0.15, 0.2) is 0 Å². The Hall–Kier alpha value is -0.530. The van der Waals surface area contributed by atoms with Crippen LogP contribution in [0, 0.1) is 0 Å². The first-order valence-electron chi connectivity index (χ1n) is 14.5. The minimum Gasteiger partial charge on any atom is -0.466 e. The van der Waals surface area contributed by atoms with Crippen LogP contribution in [-0.2, 0) is 9.53 Å². The molecule has 0 unspecified atom stereocenters. The molecule has 0 fully saturated rings. The number of rotatable bonds is 26. The van der Waals surface area contributed by atoms with Crippen molar-refractivity contribution in [2.45, 2.75) is 174 Å². The summed E-state index contributed by atoms with van der Waals surface area (Å²) < 4.78 is 5.36. The van der Waals surface area contributed by atoms with E-state index in [-0.39, 0.29) is 5.97 Å². The summed E-state index contributed by atoms with van der Waals surface area (Å²) in [5.41, 5.74) is 0. The molecular weight excluding hydrogens is 380 g/mol. The van der Waals surface area contributed by atoms with Crippen LogP contribution in [0.1, 0.15) is 174 Å². The normalized spacial score (nSPS) is 11.2. The molecule has 0 spiro atoms. The average Bonchev–Trinajstić information content (AvgIpc) is 2.77. The molecule has 0 atom stereocenters. The Balaban J connectivity index is 3.11. The number of hydrogen-bond donors (Lipinski definition) is 0. The average molecular weight is 439 g/mol. The molecule has 0 aromatic rings. The third kappa shape index (κ3) is 27.4. The van der Waals surface area contributed by atoms with Crippen molar-refractivity contribution >= 4 is 5.97 Å². The number of unbranched alkanes of at least 4 members (excludes halogenated alkanes) is 22. The highest BCUT2D eigenvalue weighted by molar-refractivity contribution is 5.69. The van der Waals surface area contributed by atoms with Gasteiger partial charge in [0.25, 0.3) is 0 Å². The fraction of sp³-hybridized carbons (Fsp3) is 0.966. The van der Waals surface area contributed by atoms with Crippen molar-refractivity contribution in [2.24, 2.45) is 0 Å². The number of esters is 1. The molecule has 31 heavy (non-hydrogen) atoms. The molecule has 0 rings (SSSR count). The monoisotopic (exact) mass is 438 g/mol. The van der Waals surface area contributed by atoms with E-state index >= 15 is 0 Å². The zero-order valence-corrected chi connectivity index (χ0v) is 21.7. The van der Waals surface area contributed by atoms with Crippen LogP contribution in [-0.4, -0.2) is 12.6 Å². The molecule has 0 bridgehead atoms. The van der Waals surface area contributed by atoms with Crippen molar-refractivity contribution in [2.75, 3.05) is 6.61 Å². The largest absolute Gasteiger partial charge is 0.466 e.